The number of nitrogens with zero attached hydrogens (tertiary/aromatic N) is 1. The van der Waals surface area contributed by atoms with Gasteiger partial charge in [-0.05, 0) is 38.8 Å². The Kier molecular flexibility index (Phi) is 5.69. The maximum absolute atomic E-state index is 12.6. The molecule has 6 nitrogen and oxygen atoms in total. The minimum absolute atomic E-state index is 0.00631. The minimum atomic E-state index is -0.145. The summed E-state index contributed by atoms with van der Waals surface area (Å²) in [6.07, 6.45) is 2.74. The maximum Gasteiger partial charge on any atom is 0.225 e. The van der Waals surface area contributed by atoms with Crippen LogP contribution in [0.1, 0.15) is 44.7 Å². The van der Waals surface area contributed by atoms with Crippen LogP contribution in [0.5, 0.6) is 11.5 Å². The third-order valence-electron chi connectivity index (χ3n) is 5.07. The number of benzene rings is 1. The zero-order chi connectivity index (χ0) is 18.7. The molecule has 3 rings (SSSR count). The summed E-state index contributed by atoms with van der Waals surface area (Å²) in [5, 5.41) is 3.02. The Hall–Kier alpha value is -2.24. The number of rotatable bonds is 5. The average molecular weight is 360 g/mol. The van der Waals surface area contributed by atoms with Gasteiger partial charge in [-0.1, -0.05) is 0 Å². The number of fused-ring (bicyclic) bond motifs is 1. The molecule has 0 bridgehead atoms. The van der Waals surface area contributed by atoms with Crippen molar-refractivity contribution in [2.45, 2.75) is 52.7 Å². The van der Waals surface area contributed by atoms with Gasteiger partial charge in [-0.15, -0.1) is 0 Å². The number of piperidine rings is 1. The normalized spacial score (nSPS) is 21.7. The maximum atomic E-state index is 12.6. The van der Waals surface area contributed by atoms with Gasteiger partial charge in [0.05, 0.1) is 12.5 Å². The molecule has 26 heavy (non-hydrogen) atoms. The highest BCUT2D eigenvalue weighted by atomic mass is 16.5. The van der Waals surface area contributed by atoms with Crippen molar-refractivity contribution in [1.29, 1.82) is 0 Å². The van der Waals surface area contributed by atoms with Crippen molar-refractivity contribution in [2.75, 3.05) is 19.7 Å². The topological polar surface area (TPSA) is 67.9 Å². The van der Waals surface area contributed by atoms with E-state index in [2.05, 4.69) is 5.32 Å². The lowest BCUT2D eigenvalue weighted by Gasteiger charge is -2.31. The van der Waals surface area contributed by atoms with Gasteiger partial charge in [-0.3, -0.25) is 9.59 Å². The van der Waals surface area contributed by atoms with Gasteiger partial charge < -0.3 is 19.7 Å². The molecule has 6 heteroatoms. The van der Waals surface area contributed by atoms with Crippen LogP contribution in [-0.4, -0.2) is 42.5 Å². The Labute approximate surface area is 154 Å². The van der Waals surface area contributed by atoms with Gasteiger partial charge in [-0.25, -0.2) is 0 Å². The average Bonchev–Trinajstić information content (AvgIpc) is 2.98. The van der Waals surface area contributed by atoms with Crippen molar-refractivity contribution in [1.82, 2.24) is 10.2 Å². The quantitative estimate of drug-likeness (QED) is 0.875. The zero-order valence-electron chi connectivity index (χ0n) is 15.8. The standard InChI is InChI=1S/C20H28N2O4/c1-4-25-18-9-16-8-13(2)26-19(16)10-17(18)11-21-20(24)15-6-5-7-22(12-15)14(3)23/h9-10,13,15H,4-8,11-12H2,1-3H3,(H,21,24)/t13-,15-/m1/s1. The van der Waals surface area contributed by atoms with E-state index < -0.39 is 0 Å². The summed E-state index contributed by atoms with van der Waals surface area (Å²) in [7, 11) is 0. The molecule has 0 unspecified atom stereocenters. The second-order valence-corrected chi connectivity index (χ2v) is 7.16. The predicted molar refractivity (Wildman–Crippen MR) is 98.2 cm³/mol. The smallest absolute Gasteiger partial charge is 0.225 e. The molecule has 1 saturated heterocycles. The van der Waals surface area contributed by atoms with Crippen LogP contribution in [0, 0.1) is 5.92 Å². The Morgan fingerprint density at radius 3 is 2.92 bits per heavy atom. The molecule has 1 aromatic rings. The first-order valence-corrected chi connectivity index (χ1v) is 9.46. The fourth-order valence-corrected chi connectivity index (χ4v) is 3.71. The minimum Gasteiger partial charge on any atom is -0.494 e. The summed E-state index contributed by atoms with van der Waals surface area (Å²) in [5.41, 5.74) is 2.08. The van der Waals surface area contributed by atoms with E-state index in [4.69, 9.17) is 9.47 Å². The molecule has 2 amide bonds. The Bertz CT molecular complexity index is 689. The summed E-state index contributed by atoms with van der Waals surface area (Å²) in [6.45, 7) is 7.78. The number of nitrogens with one attached hydrogen (secondary N) is 1. The molecule has 2 heterocycles. The zero-order valence-corrected chi connectivity index (χ0v) is 15.8. The van der Waals surface area contributed by atoms with Gasteiger partial charge in [0, 0.05) is 44.1 Å². The van der Waals surface area contributed by atoms with Crippen molar-refractivity contribution in [3.63, 3.8) is 0 Å². The summed E-state index contributed by atoms with van der Waals surface area (Å²) in [6, 6.07) is 4.01. The first-order valence-electron chi connectivity index (χ1n) is 9.46. The van der Waals surface area contributed by atoms with E-state index in [-0.39, 0.29) is 23.8 Å². The fraction of sp³-hybridized carbons (Fsp3) is 0.600. The highest BCUT2D eigenvalue weighted by Crippen LogP contribution is 2.35. The van der Waals surface area contributed by atoms with Crippen LogP contribution < -0.4 is 14.8 Å². The summed E-state index contributed by atoms with van der Waals surface area (Å²) in [4.78, 5) is 25.9. The summed E-state index contributed by atoms with van der Waals surface area (Å²) >= 11 is 0. The van der Waals surface area contributed by atoms with Gasteiger partial charge in [0.15, 0.2) is 0 Å². The number of ether oxygens (including phenoxy) is 2. The monoisotopic (exact) mass is 360 g/mol. The highest BCUT2D eigenvalue weighted by molar-refractivity contribution is 5.80. The van der Waals surface area contributed by atoms with Gasteiger partial charge in [0.2, 0.25) is 11.8 Å². The molecule has 0 aromatic heterocycles. The Balaban J connectivity index is 1.66. The van der Waals surface area contributed by atoms with Gasteiger partial charge >= 0.3 is 0 Å². The molecule has 142 valence electrons. The van der Waals surface area contributed by atoms with E-state index in [9.17, 15) is 9.59 Å². The predicted octanol–water partition coefficient (Wildman–Crippen LogP) is 2.28. The molecule has 0 spiro atoms. The lowest BCUT2D eigenvalue weighted by Crippen LogP contribution is -2.44. The molecule has 0 radical (unpaired) electrons. The van der Waals surface area contributed by atoms with Crippen LogP contribution in [0.2, 0.25) is 0 Å². The van der Waals surface area contributed by atoms with Crippen molar-refractivity contribution >= 4 is 11.8 Å². The highest BCUT2D eigenvalue weighted by Gasteiger charge is 2.27. The van der Waals surface area contributed by atoms with Crippen LogP contribution in [0.25, 0.3) is 0 Å². The summed E-state index contributed by atoms with van der Waals surface area (Å²) < 4.78 is 11.6. The number of likely N-dealkylation sites (tertiary alicyclic amines) is 1. The van der Waals surface area contributed by atoms with Crippen molar-refractivity contribution < 1.29 is 19.1 Å². The van der Waals surface area contributed by atoms with Gasteiger partial charge in [0.25, 0.3) is 0 Å². The largest absolute Gasteiger partial charge is 0.494 e. The molecule has 0 saturated carbocycles. The third kappa shape index (κ3) is 4.11. The Morgan fingerprint density at radius 2 is 2.19 bits per heavy atom. The molecule has 2 atom stereocenters. The number of hydrogen-bond donors (Lipinski definition) is 1. The second kappa shape index (κ2) is 7.98. The number of hydrogen-bond acceptors (Lipinski definition) is 4. The van der Waals surface area contributed by atoms with Crippen molar-refractivity contribution in [3.05, 3.63) is 23.3 Å². The van der Waals surface area contributed by atoms with E-state index in [1.165, 1.54) is 0 Å². The fourth-order valence-electron chi connectivity index (χ4n) is 3.71. The van der Waals surface area contributed by atoms with Crippen LogP contribution in [-0.2, 0) is 22.6 Å². The number of carbonyl (C=O) groups excluding carboxylic acids is 2. The van der Waals surface area contributed by atoms with Crippen LogP contribution in [0.4, 0.5) is 0 Å². The lowest BCUT2D eigenvalue weighted by atomic mass is 9.97. The van der Waals surface area contributed by atoms with Crippen LogP contribution >= 0.6 is 0 Å². The second-order valence-electron chi connectivity index (χ2n) is 7.16. The lowest BCUT2D eigenvalue weighted by molar-refractivity contribution is -0.134. The summed E-state index contributed by atoms with van der Waals surface area (Å²) in [5.74, 6) is 1.57. The first kappa shape index (κ1) is 18.5. The molecule has 2 aliphatic heterocycles. The number of amides is 2. The van der Waals surface area contributed by atoms with Crippen molar-refractivity contribution in [3.8, 4) is 11.5 Å². The Morgan fingerprint density at radius 1 is 1.38 bits per heavy atom. The molecule has 1 fully saturated rings. The molecule has 1 N–H and O–H groups in total. The first-order chi connectivity index (χ1) is 12.5. The third-order valence-corrected chi connectivity index (χ3v) is 5.07. The molecular weight excluding hydrogens is 332 g/mol. The van der Waals surface area contributed by atoms with E-state index in [1.54, 1.807) is 11.8 Å². The van der Waals surface area contributed by atoms with E-state index >= 15 is 0 Å². The molecule has 2 aliphatic rings. The van der Waals surface area contributed by atoms with Crippen molar-refractivity contribution in [2.24, 2.45) is 5.92 Å². The van der Waals surface area contributed by atoms with E-state index in [1.807, 2.05) is 26.0 Å². The van der Waals surface area contributed by atoms with E-state index in [0.717, 1.165) is 48.4 Å². The van der Waals surface area contributed by atoms with Crippen LogP contribution in [0.15, 0.2) is 12.1 Å². The SMILES string of the molecule is CCOc1cc2c(cc1CNC(=O)[C@@H]1CCCN(C(C)=O)C1)O[C@H](C)C2. The van der Waals surface area contributed by atoms with Gasteiger partial charge in [-0.2, -0.15) is 0 Å². The molecule has 1 aromatic carbocycles. The molecular formula is C20H28N2O4. The van der Waals surface area contributed by atoms with Gasteiger partial charge in [0.1, 0.15) is 17.6 Å². The number of carbonyl (C=O) groups is 2. The van der Waals surface area contributed by atoms with Crippen LogP contribution in [0.3, 0.4) is 0 Å². The molecule has 0 aliphatic carbocycles. The van der Waals surface area contributed by atoms with E-state index in [0.29, 0.717) is 19.7 Å².